The smallest absolute Gasteiger partial charge is 0.119 e. The molecule has 1 saturated heterocycles. The lowest BCUT2D eigenvalue weighted by Gasteiger charge is -2.36. The number of halogens is 1. The maximum Gasteiger partial charge on any atom is 0.119 e. The molecule has 0 aromatic heterocycles. The Morgan fingerprint density at radius 2 is 2.10 bits per heavy atom. The van der Waals surface area contributed by atoms with Crippen LogP contribution in [0.4, 0.5) is 0 Å². The highest BCUT2D eigenvalue weighted by molar-refractivity contribution is 9.10. The lowest BCUT2D eigenvalue weighted by molar-refractivity contribution is 0.162. The highest BCUT2D eigenvalue weighted by Gasteiger charge is 2.23. The first kappa shape index (κ1) is 15.8. The van der Waals surface area contributed by atoms with Gasteiger partial charge in [-0.25, -0.2) is 0 Å². The van der Waals surface area contributed by atoms with Gasteiger partial charge in [0.2, 0.25) is 0 Å². The Morgan fingerprint density at radius 3 is 2.75 bits per heavy atom. The van der Waals surface area contributed by atoms with E-state index < -0.39 is 0 Å². The summed E-state index contributed by atoms with van der Waals surface area (Å²) >= 11 is 3.72. The van der Waals surface area contributed by atoms with Crippen molar-refractivity contribution >= 4 is 15.9 Å². The molecular formula is C16H25BrN2O. The van der Waals surface area contributed by atoms with Gasteiger partial charge in [0.15, 0.2) is 0 Å². The van der Waals surface area contributed by atoms with Gasteiger partial charge in [-0.1, -0.05) is 35.7 Å². The first-order chi connectivity index (χ1) is 9.76. The molecule has 1 aliphatic heterocycles. The van der Waals surface area contributed by atoms with Gasteiger partial charge in [-0.05, 0) is 30.2 Å². The number of methoxy groups -OCH3 is 1. The lowest BCUT2D eigenvalue weighted by atomic mass is 9.98. The molecule has 20 heavy (non-hydrogen) atoms. The fourth-order valence-electron chi connectivity index (χ4n) is 2.83. The molecule has 1 atom stereocenters. The number of nitrogens with one attached hydrogen (secondary N) is 1. The predicted octanol–water partition coefficient (Wildman–Crippen LogP) is 3.59. The van der Waals surface area contributed by atoms with Crippen molar-refractivity contribution in [3.05, 3.63) is 28.2 Å². The summed E-state index contributed by atoms with van der Waals surface area (Å²) in [6.45, 7) is 6.68. The molecule has 0 amide bonds. The van der Waals surface area contributed by atoms with E-state index in [1.165, 1.54) is 29.3 Å². The summed E-state index contributed by atoms with van der Waals surface area (Å²) in [6, 6.07) is 6.80. The second-order valence-electron chi connectivity index (χ2n) is 5.33. The van der Waals surface area contributed by atoms with E-state index in [-0.39, 0.29) is 0 Å². The largest absolute Gasteiger partial charge is 0.497 e. The van der Waals surface area contributed by atoms with Gasteiger partial charge in [0.1, 0.15) is 5.75 Å². The minimum Gasteiger partial charge on any atom is -0.497 e. The summed E-state index contributed by atoms with van der Waals surface area (Å²) in [5.41, 5.74) is 1.36. The van der Waals surface area contributed by atoms with Gasteiger partial charge in [-0.3, -0.25) is 4.90 Å². The standard InChI is InChI=1S/C16H25BrN2O/c1-3-4-5-16(19-10-8-18-9-11-19)14-12-13(20-2)6-7-15(14)17/h6-7,12,16,18H,3-5,8-11H2,1-2H3/t16-/m1/s1. The van der Waals surface area contributed by atoms with Gasteiger partial charge in [0, 0.05) is 36.7 Å². The zero-order chi connectivity index (χ0) is 14.4. The summed E-state index contributed by atoms with van der Waals surface area (Å²) in [4.78, 5) is 2.60. The van der Waals surface area contributed by atoms with Crippen LogP contribution in [-0.2, 0) is 0 Å². The third-order valence-electron chi connectivity index (χ3n) is 3.99. The topological polar surface area (TPSA) is 24.5 Å². The normalized spacial score (nSPS) is 17.9. The fourth-order valence-corrected chi connectivity index (χ4v) is 3.34. The van der Waals surface area contributed by atoms with Crippen LogP contribution in [0.15, 0.2) is 22.7 Å². The second kappa shape index (κ2) is 8.01. The van der Waals surface area contributed by atoms with E-state index in [2.05, 4.69) is 45.2 Å². The van der Waals surface area contributed by atoms with Crippen LogP contribution in [0.5, 0.6) is 5.75 Å². The SMILES string of the molecule is CCCC[C@H](c1cc(OC)ccc1Br)N1CCNCC1. The average molecular weight is 341 g/mol. The molecule has 0 aliphatic carbocycles. The van der Waals surface area contributed by atoms with Crippen LogP contribution < -0.4 is 10.1 Å². The van der Waals surface area contributed by atoms with Crippen molar-refractivity contribution in [2.24, 2.45) is 0 Å². The lowest BCUT2D eigenvalue weighted by Crippen LogP contribution is -2.45. The zero-order valence-corrected chi connectivity index (χ0v) is 14.1. The second-order valence-corrected chi connectivity index (χ2v) is 6.19. The fraction of sp³-hybridized carbons (Fsp3) is 0.625. The molecule has 4 heteroatoms. The van der Waals surface area contributed by atoms with Crippen molar-refractivity contribution < 1.29 is 4.74 Å². The summed E-state index contributed by atoms with van der Waals surface area (Å²) in [7, 11) is 1.74. The zero-order valence-electron chi connectivity index (χ0n) is 12.5. The van der Waals surface area contributed by atoms with E-state index in [4.69, 9.17) is 4.74 Å². The van der Waals surface area contributed by atoms with E-state index in [1.54, 1.807) is 7.11 Å². The molecule has 0 spiro atoms. The average Bonchev–Trinajstić information content (AvgIpc) is 2.50. The van der Waals surface area contributed by atoms with E-state index >= 15 is 0 Å². The number of hydrogen-bond donors (Lipinski definition) is 1. The van der Waals surface area contributed by atoms with Crippen LogP contribution in [0.3, 0.4) is 0 Å². The Bertz CT molecular complexity index is 419. The Balaban J connectivity index is 2.24. The third-order valence-corrected chi connectivity index (χ3v) is 4.71. The minimum atomic E-state index is 0.488. The maximum atomic E-state index is 5.40. The molecular weight excluding hydrogens is 316 g/mol. The molecule has 112 valence electrons. The summed E-state index contributed by atoms with van der Waals surface area (Å²) in [5, 5.41) is 3.44. The Kier molecular flexibility index (Phi) is 6.33. The molecule has 0 radical (unpaired) electrons. The molecule has 0 saturated carbocycles. The number of piperazine rings is 1. The van der Waals surface area contributed by atoms with E-state index in [1.807, 2.05) is 6.07 Å². The van der Waals surface area contributed by atoms with Gasteiger partial charge in [0.05, 0.1) is 7.11 Å². The number of ether oxygens (including phenoxy) is 1. The third kappa shape index (κ3) is 3.96. The molecule has 1 aromatic carbocycles. The number of hydrogen-bond acceptors (Lipinski definition) is 3. The summed E-state index contributed by atoms with van der Waals surface area (Å²) in [5.74, 6) is 0.944. The number of benzene rings is 1. The molecule has 2 rings (SSSR count). The van der Waals surface area contributed by atoms with E-state index in [0.717, 1.165) is 31.9 Å². The summed E-state index contributed by atoms with van der Waals surface area (Å²) in [6.07, 6.45) is 3.71. The molecule has 0 unspecified atom stereocenters. The molecule has 3 nitrogen and oxygen atoms in total. The van der Waals surface area contributed by atoms with Crippen molar-refractivity contribution in [3.63, 3.8) is 0 Å². The van der Waals surface area contributed by atoms with Gasteiger partial charge in [-0.2, -0.15) is 0 Å². The van der Waals surface area contributed by atoms with E-state index in [0.29, 0.717) is 6.04 Å². The Morgan fingerprint density at radius 1 is 1.35 bits per heavy atom. The minimum absolute atomic E-state index is 0.488. The van der Waals surface area contributed by atoms with Crippen LogP contribution in [0, 0.1) is 0 Å². The maximum absolute atomic E-state index is 5.40. The van der Waals surface area contributed by atoms with Gasteiger partial charge < -0.3 is 10.1 Å². The molecule has 1 fully saturated rings. The Labute approximate surface area is 130 Å². The van der Waals surface area contributed by atoms with Crippen molar-refractivity contribution in [1.29, 1.82) is 0 Å². The predicted molar refractivity (Wildman–Crippen MR) is 87.4 cm³/mol. The highest BCUT2D eigenvalue weighted by atomic mass is 79.9. The van der Waals surface area contributed by atoms with Gasteiger partial charge in [0.25, 0.3) is 0 Å². The number of unbranched alkanes of at least 4 members (excludes halogenated alkanes) is 1. The van der Waals surface area contributed by atoms with Crippen LogP contribution in [-0.4, -0.2) is 38.2 Å². The first-order valence-corrected chi connectivity index (χ1v) is 8.33. The Hall–Kier alpha value is -0.580. The molecule has 1 aliphatic rings. The monoisotopic (exact) mass is 340 g/mol. The molecule has 1 N–H and O–H groups in total. The first-order valence-electron chi connectivity index (χ1n) is 7.54. The molecule has 0 bridgehead atoms. The van der Waals surface area contributed by atoms with Crippen LogP contribution >= 0.6 is 15.9 Å². The molecule has 1 aromatic rings. The quantitative estimate of drug-likeness (QED) is 0.856. The van der Waals surface area contributed by atoms with Crippen molar-refractivity contribution in [3.8, 4) is 5.75 Å². The molecule has 1 heterocycles. The van der Waals surface area contributed by atoms with Crippen molar-refractivity contribution in [1.82, 2.24) is 10.2 Å². The van der Waals surface area contributed by atoms with Crippen molar-refractivity contribution in [2.45, 2.75) is 32.2 Å². The van der Waals surface area contributed by atoms with Gasteiger partial charge >= 0.3 is 0 Å². The highest BCUT2D eigenvalue weighted by Crippen LogP contribution is 2.34. The van der Waals surface area contributed by atoms with Crippen LogP contribution in [0.1, 0.15) is 37.8 Å². The van der Waals surface area contributed by atoms with Crippen molar-refractivity contribution in [2.75, 3.05) is 33.3 Å². The van der Waals surface area contributed by atoms with E-state index in [9.17, 15) is 0 Å². The summed E-state index contributed by atoms with van der Waals surface area (Å²) < 4.78 is 6.59. The van der Waals surface area contributed by atoms with Gasteiger partial charge in [-0.15, -0.1) is 0 Å². The number of rotatable bonds is 6. The van der Waals surface area contributed by atoms with Crippen LogP contribution in [0.2, 0.25) is 0 Å². The number of nitrogens with zero attached hydrogens (tertiary/aromatic N) is 1. The van der Waals surface area contributed by atoms with Crippen LogP contribution in [0.25, 0.3) is 0 Å².